The van der Waals surface area contributed by atoms with Gasteiger partial charge in [0.25, 0.3) is 0 Å². The molecule has 0 aliphatic heterocycles. The van der Waals surface area contributed by atoms with Crippen molar-refractivity contribution in [3.8, 4) is 0 Å². The van der Waals surface area contributed by atoms with Crippen molar-refractivity contribution >= 4 is 0 Å². The minimum atomic E-state index is 0.221. The zero-order valence-corrected chi connectivity index (χ0v) is 11.6. The van der Waals surface area contributed by atoms with E-state index in [-0.39, 0.29) is 6.04 Å². The lowest BCUT2D eigenvalue weighted by molar-refractivity contribution is -0.710. The molecule has 0 saturated carbocycles. The van der Waals surface area contributed by atoms with Crippen LogP contribution in [0.4, 0.5) is 0 Å². The molecular formula is C19H18N+. The van der Waals surface area contributed by atoms with Gasteiger partial charge >= 0.3 is 0 Å². The molecule has 0 amide bonds. The molecule has 0 unspecified atom stereocenters. The topological polar surface area (TPSA) is 3.88 Å². The summed E-state index contributed by atoms with van der Waals surface area (Å²) in [4.78, 5) is 0. The van der Waals surface area contributed by atoms with Crippen LogP contribution in [0.2, 0.25) is 0 Å². The van der Waals surface area contributed by atoms with Crippen molar-refractivity contribution < 1.29 is 4.57 Å². The van der Waals surface area contributed by atoms with Gasteiger partial charge in [-0.2, -0.15) is 4.57 Å². The second-order valence-electron chi connectivity index (χ2n) is 4.97. The first-order valence-electron chi connectivity index (χ1n) is 6.93. The Kier molecular flexibility index (Phi) is 3.60. The third kappa shape index (κ3) is 2.48. The van der Waals surface area contributed by atoms with Crippen LogP contribution in [0.15, 0.2) is 85.1 Å². The van der Waals surface area contributed by atoms with Crippen molar-refractivity contribution in [2.45, 2.75) is 13.0 Å². The first kappa shape index (κ1) is 12.6. The van der Waals surface area contributed by atoms with Crippen LogP contribution in [0.25, 0.3) is 0 Å². The fourth-order valence-electron chi connectivity index (χ4n) is 2.61. The van der Waals surface area contributed by atoms with Gasteiger partial charge in [0.2, 0.25) is 6.04 Å². The Morgan fingerprint density at radius 3 is 1.65 bits per heavy atom. The van der Waals surface area contributed by atoms with Gasteiger partial charge in [0, 0.05) is 30.2 Å². The van der Waals surface area contributed by atoms with E-state index in [1.807, 2.05) is 0 Å². The summed E-state index contributed by atoms with van der Waals surface area (Å²) in [5, 5.41) is 0. The standard InChI is InChI=1S/C19H18N/c1-16-10-8-9-15-20(16)19(17-11-4-2-5-12-17)18-13-6-3-7-14-18/h2-15,19H,1H3/q+1. The Morgan fingerprint density at radius 2 is 1.15 bits per heavy atom. The molecule has 0 saturated heterocycles. The molecule has 2 aromatic carbocycles. The van der Waals surface area contributed by atoms with Gasteiger partial charge < -0.3 is 0 Å². The third-order valence-corrected chi connectivity index (χ3v) is 3.61. The van der Waals surface area contributed by atoms with Crippen molar-refractivity contribution in [1.82, 2.24) is 0 Å². The van der Waals surface area contributed by atoms with E-state index in [9.17, 15) is 0 Å². The lowest BCUT2D eigenvalue weighted by atomic mass is 9.98. The zero-order chi connectivity index (χ0) is 13.8. The molecule has 0 N–H and O–H groups in total. The van der Waals surface area contributed by atoms with E-state index >= 15 is 0 Å². The molecular weight excluding hydrogens is 242 g/mol. The van der Waals surface area contributed by atoms with E-state index in [1.54, 1.807) is 0 Å². The van der Waals surface area contributed by atoms with E-state index < -0.39 is 0 Å². The molecule has 3 rings (SSSR count). The Bertz CT molecular complexity index is 635. The molecule has 98 valence electrons. The maximum Gasteiger partial charge on any atom is 0.209 e. The molecule has 0 spiro atoms. The molecule has 1 heterocycles. The monoisotopic (exact) mass is 260 g/mol. The predicted octanol–water partition coefficient (Wildman–Crippen LogP) is 3.92. The number of hydrogen-bond donors (Lipinski definition) is 0. The van der Waals surface area contributed by atoms with Crippen LogP contribution in [0, 0.1) is 6.92 Å². The number of nitrogens with zero attached hydrogens (tertiary/aromatic N) is 1. The van der Waals surface area contributed by atoms with E-state index in [1.165, 1.54) is 16.8 Å². The highest BCUT2D eigenvalue weighted by Gasteiger charge is 2.24. The van der Waals surface area contributed by atoms with Gasteiger partial charge in [0.15, 0.2) is 11.9 Å². The molecule has 0 fully saturated rings. The number of aryl methyl sites for hydroxylation is 1. The van der Waals surface area contributed by atoms with Crippen LogP contribution < -0.4 is 4.57 Å². The summed E-state index contributed by atoms with van der Waals surface area (Å²) in [6, 6.07) is 27.8. The van der Waals surface area contributed by atoms with Crippen molar-refractivity contribution in [3.05, 3.63) is 102 Å². The maximum atomic E-state index is 2.32. The highest BCUT2D eigenvalue weighted by molar-refractivity contribution is 5.29. The van der Waals surface area contributed by atoms with Crippen LogP contribution in [-0.2, 0) is 0 Å². The van der Waals surface area contributed by atoms with Crippen LogP contribution >= 0.6 is 0 Å². The molecule has 0 atom stereocenters. The van der Waals surface area contributed by atoms with Crippen molar-refractivity contribution in [1.29, 1.82) is 0 Å². The van der Waals surface area contributed by atoms with Crippen LogP contribution in [-0.4, -0.2) is 0 Å². The van der Waals surface area contributed by atoms with E-state index in [0.29, 0.717) is 0 Å². The quantitative estimate of drug-likeness (QED) is 0.628. The fraction of sp³-hybridized carbons (Fsp3) is 0.105. The maximum absolute atomic E-state index is 2.32. The third-order valence-electron chi connectivity index (χ3n) is 3.61. The summed E-state index contributed by atoms with van der Waals surface area (Å²) in [7, 11) is 0. The second kappa shape index (κ2) is 5.70. The van der Waals surface area contributed by atoms with Gasteiger partial charge in [0.1, 0.15) is 0 Å². The van der Waals surface area contributed by atoms with Gasteiger partial charge in [-0.05, 0) is 0 Å². The molecule has 20 heavy (non-hydrogen) atoms. The van der Waals surface area contributed by atoms with E-state index in [4.69, 9.17) is 0 Å². The summed E-state index contributed by atoms with van der Waals surface area (Å²) < 4.78 is 2.32. The van der Waals surface area contributed by atoms with Gasteiger partial charge in [-0.1, -0.05) is 66.7 Å². The number of benzene rings is 2. The molecule has 0 bridgehead atoms. The SMILES string of the molecule is Cc1cccc[n+]1C(c1ccccc1)c1ccccc1. The van der Waals surface area contributed by atoms with Crippen molar-refractivity contribution in [2.24, 2.45) is 0 Å². The van der Waals surface area contributed by atoms with Gasteiger partial charge in [-0.15, -0.1) is 0 Å². The van der Waals surface area contributed by atoms with Gasteiger partial charge in [0.05, 0.1) is 0 Å². The first-order chi connectivity index (χ1) is 9.86. The molecule has 0 aliphatic rings. The number of pyridine rings is 1. The lowest BCUT2D eigenvalue weighted by Crippen LogP contribution is -2.43. The largest absolute Gasteiger partial charge is 0.209 e. The van der Waals surface area contributed by atoms with Gasteiger partial charge in [-0.25, -0.2) is 0 Å². The van der Waals surface area contributed by atoms with Gasteiger partial charge in [-0.3, -0.25) is 0 Å². The number of hydrogen-bond acceptors (Lipinski definition) is 0. The van der Waals surface area contributed by atoms with Crippen LogP contribution in [0.5, 0.6) is 0 Å². The summed E-state index contributed by atoms with van der Waals surface area (Å²) in [6.07, 6.45) is 2.15. The van der Waals surface area contributed by atoms with Crippen LogP contribution in [0.3, 0.4) is 0 Å². The highest BCUT2D eigenvalue weighted by Crippen LogP contribution is 2.21. The first-order valence-corrected chi connectivity index (χ1v) is 6.93. The molecule has 1 nitrogen and oxygen atoms in total. The van der Waals surface area contributed by atoms with Crippen LogP contribution in [0.1, 0.15) is 22.9 Å². The van der Waals surface area contributed by atoms with Crippen molar-refractivity contribution in [2.75, 3.05) is 0 Å². The van der Waals surface area contributed by atoms with Crippen molar-refractivity contribution in [3.63, 3.8) is 0 Å². The average molecular weight is 260 g/mol. The Balaban J connectivity index is 2.17. The minimum absolute atomic E-state index is 0.221. The predicted molar refractivity (Wildman–Crippen MR) is 81.5 cm³/mol. The molecule has 0 aliphatic carbocycles. The summed E-state index contributed by atoms with van der Waals surface area (Å²) >= 11 is 0. The minimum Gasteiger partial charge on any atom is -0.191 e. The molecule has 1 heteroatoms. The average Bonchev–Trinajstić information content (AvgIpc) is 2.52. The number of aromatic nitrogens is 1. The second-order valence-corrected chi connectivity index (χ2v) is 4.97. The molecule has 1 aromatic heterocycles. The molecule has 3 aromatic rings. The summed E-state index contributed by atoms with van der Waals surface area (Å²) in [5.41, 5.74) is 3.86. The summed E-state index contributed by atoms with van der Waals surface area (Å²) in [5.74, 6) is 0. The smallest absolute Gasteiger partial charge is 0.191 e. The lowest BCUT2D eigenvalue weighted by Gasteiger charge is -2.15. The fourth-order valence-corrected chi connectivity index (χ4v) is 2.61. The Morgan fingerprint density at radius 1 is 0.650 bits per heavy atom. The van der Waals surface area contributed by atoms with E-state index in [0.717, 1.165) is 0 Å². The normalized spacial score (nSPS) is 10.7. The zero-order valence-electron chi connectivity index (χ0n) is 11.6. The van der Waals surface area contributed by atoms with E-state index in [2.05, 4.69) is 96.6 Å². The Labute approximate surface area is 120 Å². The Hall–Kier alpha value is -2.41. The number of rotatable bonds is 3. The highest BCUT2D eigenvalue weighted by atomic mass is 15.0. The molecule has 0 radical (unpaired) electrons. The summed E-state index contributed by atoms with van der Waals surface area (Å²) in [6.45, 7) is 2.15.